The third kappa shape index (κ3) is 2.20. The fraction of sp³-hybridized carbons (Fsp3) is 0.417. The predicted octanol–water partition coefficient (Wildman–Crippen LogP) is 2.16. The summed E-state index contributed by atoms with van der Waals surface area (Å²) in [4.78, 5) is 11.2. The Hall–Kier alpha value is -1.15. The Bertz CT molecular complexity index is 340. The maximum absolute atomic E-state index is 11.2. The fourth-order valence-electron chi connectivity index (χ4n) is 1.25. The Labute approximate surface area is 84.6 Å². The number of carbonyl (C=O) groups is 1. The molecule has 2 nitrogen and oxygen atoms in total. The fourth-order valence-corrected chi connectivity index (χ4v) is 1.25. The van der Waals surface area contributed by atoms with Crippen molar-refractivity contribution in [3.63, 3.8) is 0 Å². The van der Waals surface area contributed by atoms with E-state index in [2.05, 4.69) is 0 Å². The van der Waals surface area contributed by atoms with E-state index in [1.165, 1.54) is 0 Å². The third-order valence-electron chi connectivity index (χ3n) is 2.45. The van der Waals surface area contributed by atoms with Gasteiger partial charge < -0.3 is 5.11 Å². The highest BCUT2D eigenvalue weighted by Gasteiger charge is 2.19. The van der Waals surface area contributed by atoms with E-state index in [1.807, 2.05) is 32.0 Å². The molecule has 14 heavy (non-hydrogen) atoms. The molecule has 0 atom stereocenters. The Morgan fingerprint density at radius 1 is 1.43 bits per heavy atom. The van der Waals surface area contributed by atoms with Crippen LogP contribution >= 0.6 is 0 Å². The SMILES string of the molecule is CC(=O)c1cccc(C(C)(C)CO)c1. The van der Waals surface area contributed by atoms with Crippen LogP contribution < -0.4 is 0 Å². The maximum atomic E-state index is 11.2. The molecule has 1 rings (SSSR count). The molecule has 0 aromatic heterocycles. The van der Waals surface area contributed by atoms with Crippen LogP contribution in [0.2, 0.25) is 0 Å². The molecule has 0 saturated carbocycles. The third-order valence-corrected chi connectivity index (χ3v) is 2.45. The summed E-state index contributed by atoms with van der Waals surface area (Å²) in [5.74, 6) is 0.0561. The number of hydrogen-bond acceptors (Lipinski definition) is 2. The van der Waals surface area contributed by atoms with Gasteiger partial charge in [0.15, 0.2) is 5.78 Å². The summed E-state index contributed by atoms with van der Waals surface area (Å²) >= 11 is 0. The molecule has 0 heterocycles. The average Bonchev–Trinajstić information content (AvgIpc) is 2.18. The standard InChI is InChI=1S/C12H16O2/c1-9(14)10-5-4-6-11(7-10)12(2,3)8-13/h4-7,13H,8H2,1-3H3. The summed E-state index contributed by atoms with van der Waals surface area (Å²) in [7, 11) is 0. The van der Waals surface area contributed by atoms with Gasteiger partial charge >= 0.3 is 0 Å². The van der Waals surface area contributed by atoms with Crippen molar-refractivity contribution in [2.75, 3.05) is 6.61 Å². The first-order chi connectivity index (χ1) is 6.47. The highest BCUT2D eigenvalue weighted by atomic mass is 16.3. The molecular weight excluding hydrogens is 176 g/mol. The molecule has 1 N–H and O–H groups in total. The first kappa shape index (κ1) is 10.9. The molecule has 1 aromatic carbocycles. The molecule has 0 radical (unpaired) electrons. The molecule has 2 heteroatoms. The van der Waals surface area contributed by atoms with Crippen LogP contribution in [0.4, 0.5) is 0 Å². The van der Waals surface area contributed by atoms with Crippen LogP contribution in [0.5, 0.6) is 0 Å². The van der Waals surface area contributed by atoms with E-state index in [1.54, 1.807) is 13.0 Å². The number of rotatable bonds is 3. The summed E-state index contributed by atoms with van der Waals surface area (Å²) in [6.45, 7) is 5.53. The zero-order chi connectivity index (χ0) is 10.8. The van der Waals surface area contributed by atoms with E-state index in [-0.39, 0.29) is 17.8 Å². The van der Waals surface area contributed by atoms with Crippen molar-refractivity contribution < 1.29 is 9.90 Å². The van der Waals surface area contributed by atoms with Crippen molar-refractivity contribution in [3.8, 4) is 0 Å². The molecule has 76 valence electrons. The van der Waals surface area contributed by atoms with Gasteiger partial charge in [0.25, 0.3) is 0 Å². The van der Waals surface area contributed by atoms with E-state index >= 15 is 0 Å². The first-order valence-electron chi connectivity index (χ1n) is 4.70. The second-order valence-electron chi connectivity index (χ2n) is 4.18. The molecule has 0 unspecified atom stereocenters. The summed E-state index contributed by atoms with van der Waals surface area (Å²) in [6.07, 6.45) is 0. The lowest BCUT2D eigenvalue weighted by Crippen LogP contribution is -2.22. The Morgan fingerprint density at radius 3 is 2.57 bits per heavy atom. The van der Waals surface area contributed by atoms with Gasteiger partial charge in [-0.2, -0.15) is 0 Å². The Balaban J connectivity index is 3.12. The van der Waals surface area contributed by atoms with Gasteiger partial charge in [0.2, 0.25) is 0 Å². The van der Waals surface area contributed by atoms with E-state index in [4.69, 9.17) is 0 Å². The van der Waals surface area contributed by atoms with Gasteiger partial charge in [0.1, 0.15) is 0 Å². The number of benzene rings is 1. The lowest BCUT2D eigenvalue weighted by molar-refractivity contribution is 0.101. The van der Waals surface area contributed by atoms with Crippen molar-refractivity contribution >= 4 is 5.78 Å². The topological polar surface area (TPSA) is 37.3 Å². The lowest BCUT2D eigenvalue weighted by atomic mass is 9.84. The zero-order valence-corrected chi connectivity index (χ0v) is 8.87. The van der Waals surface area contributed by atoms with Crippen LogP contribution in [0.25, 0.3) is 0 Å². The molecule has 1 aromatic rings. The van der Waals surface area contributed by atoms with Crippen molar-refractivity contribution in [2.24, 2.45) is 0 Å². The van der Waals surface area contributed by atoms with E-state index in [0.29, 0.717) is 5.56 Å². The smallest absolute Gasteiger partial charge is 0.159 e. The maximum Gasteiger partial charge on any atom is 0.159 e. The van der Waals surface area contributed by atoms with Gasteiger partial charge in [0, 0.05) is 11.0 Å². The average molecular weight is 192 g/mol. The number of Topliss-reactive ketones (excluding diaryl/α,β-unsaturated/α-hetero) is 1. The molecule has 0 fully saturated rings. The van der Waals surface area contributed by atoms with Gasteiger partial charge in [-0.25, -0.2) is 0 Å². The monoisotopic (exact) mass is 192 g/mol. The van der Waals surface area contributed by atoms with Crippen LogP contribution in [-0.2, 0) is 5.41 Å². The molecular formula is C12H16O2. The molecule has 0 saturated heterocycles. The van der Waals surface area contributed by atoms with Gasteiger partial charge in [-0.15, -0.1) is 0 Å². The van der Waals surface area contributed by atoms with Gasteiger partial charge in [0.05, 0.1) is 6.61 Å². The highest BCUT2D eigenvalue weighted by Crippen LogP contribution is 2.23. The number of ketones is 1. The van der Waals surface area contributed by atoms with E-state index in [0.717, 1.165) is 5.56 Å². The second-order valence-corrected chi connectivity index (χ2v) is 4.18. The second kappa shape index (κ2) is 3.93. The highest BCUT2D eigenvalue weighted by molar-refractivity contribution is 5.94. The van der Waals surface area contributed by atoms with Crippen molar-refractivity contribution in [1.29, 1.82) is 0 Å². The van der Waals surface area contributed by atoms with Crippen LogP contribution in [0.1, 0.15) is 36.7 Å². The van der Waals surface area contributed by atoms with Gasteiger partial charge in [-0.3, -0.25) is 4.79 Å². The zero-order valence-electron chi connectivity index (χ0n) is 8.87. The summed E-state index contributed by atoms with van der Waals surface area (Å²) in [5.41, 5.74) is 1.41. The summed E-state index contributed by atoms with van der Waals surface area (Å²) in [6, 6.07) is 7.42. The van der Waals surface area contributed by atoms with Crippen molar-refractivity contribution in [2.45, 2.75) is 26.2 Å². The Kier molecular flexibility index (Phi) is 3.06. The normalized spacial score (nSPS) is 11.4. The minimum absolute atomic E-state index is 0.0561. The minimum atomic E-state index is -0.286. The molecule has 0 amide bonds. The summed E-state index contributed by atoms with van der Waals surface area (Å²) < 4.78 is 0. The molecule has 0 aliphatic rings. The number of carbonyl (C=O) groups excluding carboxylic acids is 1. The minimum Gasteiger partial charge on any atom is -0.395 e. The molecule has 0 aliphatic heterocycles. The van der Waals surface area contributed by atoms with Crippen molar-refractivity contribution in [1.82, 2.24) is 0 Å². The molecule has 0 aliphatic carbocycles. The number of aliphatic hydroxyl groups is 1. The van der Waals surface area contributed by atoms with Crippen LogP contribution in [-0.4, -0.2) is 17.5 Å². The van der Waals surface area contributed by atoms with E-state index < -0.39 is 0 Å². The summed E-state index contributed by atoms with van der Waals surface area (Å²) in [5, 5.41) is 9.19. The van der Waals surface area contributed by atoms with Crippen LogP contribution in [0, 0.1) is 0 Å². The lowest BCUT2D eigenvalue weighted by Gasteiger charge is -2.22. The Morgan fingerprint density at radius 2 is 2.07 bits per heavy atom. The quantitative estimate of drug-likeness (QED) is 0.745. The van der Waals surface area contributed by atoms with Gasteiger partial charge in [-0.05, 0) is 18.6 Å². The number of hydrogen-bond donors (Lipinski definition) is 1. The first-order valence-corrected chi connectivity index (χ1v) is 4.70. The van der Waals surface area contributed by atoms with E-state index in [9.17, 15) is 9.90 Å². The largest absolute Gasteiger partial charge is 0.395 e. The van der Waals surface area contributed by atoms with Gasteiger partial charge in [-0.1, -0.05) is 32.0 Å². The molecule has 0 spiro atoms. The molecule has 0 bridgehead atoms. The van der Waals surface area contributed by atoms with Crippen LogP contribution in [0.15, 0.2) is 24.3 Å². The predicted molar refractivity (Wildman–Crippen MR) is 56.6 cm³/mol. The van der Waals surface area contributed by atoms with Crippen molar-refractivity contribution in [3.05, 3.63) is 35.4 Å². The number of aliphatic hydroxyl groups excluding tert-OH is 1. The van der Waals surface area contributed by atoms with Crippen LogP contribution in [0.3, 0.4) is 0 Å².